The zero-order chi connectivity index (χ0) is 12.2. The Balaban J connectivity index is 1.60. The summed E-state index contributed by atoms with van der Waals surface area (Å²) < 4.78 is 5.29. The lowest BCUT2D eigenvalue weighted by Gasteiger charge is -2.17. The third-order valence-corrected chi connectivity index (χ3v) is 3.39. The van der Waals surface area contributed by atoms with Crippen molar-refractivity contribution < 1.29 is 4.42 Å². The second kappa shape index (κ2) is 5.17. The highest BCUT2D eigenvalue weighted by Gasteiger charge is 2.11. The predicted octanol–water partition coefficient (Wildman–Crippen LogP) is 3.49. The first-order chi connectivity index (χ1) is 8.92. The van der Waals surface area contributed by atoms with E-state index in [9.17, 15) is 0 Å². The van der Waals surface area contributed by atoms with Gasteiger partial charge < -0.3 is 14.6 Å². The minimum absolute atomic E-state index is 0.732. The van der Waals surface area contributed by atoms with E-state index >= 15 is 0 Å². The number of hydrogen-bond acceptors (Lipinski definition) is 3. The molecule has 1 N–H and O–H groups in total. The van der Waals surface area contributed by atoms with E-state index in [4.69, 9.17) is 4.42 Å². The Kier molecular flexibility index (Phi) is 3.22. The summed E-state index contributed by atoms with van der Waals surface area (Å²) in [6.07, 6.45) is 4.34. The Morgan fingerprint density at radius 2 is 1.83 bits per heavy atom. The quantitative estimate of drug-likeness (QED) is 0.889. The van der Waals surface area contributed by atoms with Crippen molar-refractivity contribution in [3.05, 3.63) is 48.4 Å². The maximum Gasteiger partial charge on any atom is 0.122 e. The Labute approximate surface area is 107 Å². The Morgan fingerprint density at radius 1 is 1.06 bits per heavy atom. The molecule has 0 atom stereocenters. The number of anilines is 2. The molecule has 1 fully saturated rings. The lowest BCUT2D eigenvalue weighted by molar-refractivity contribution is 0.518. The number of furan rings is 1. The molecule has 2 heterocycles. The summed E-state index contributed by atoms with van der Waals surface area (Å²) in [7, 11) is 0. The number of hydrogen-bond donors (Lipinski definition) is 1. The largest absolute Gasteiger partial charge is 0.467 e. The summed E-state index contributed by atoms with van der Waals surface area (Å²) >= 11 is 0. The molecule has 18 heavy (non-hydrogen) atoms. The fourth-order valence-corrected chi connectivity index (χ4v) is 2.37. The number of rotatable bonds is 4. The zero-order valence-corrected chi connectivity index (χ0v) is 10.4. The van der Waals surface area contributed by atoms with Gasteiger partial charge in [0.05, 0.1) is 12.8 Å². The molecular formula is C15H18N2O. The normalized spacial score (nSPS) is 15.0. The summed E-state index contributed by atoms with van der Waals surface area (Å²) in [4.78, 5) is 2.44. The molecule has 0 spiro atoms. The minimum Gasteiger partial charge on any atom is -0.467 e. The second-order valence-corrected chi connectivity index (χ2v) is 4.67. The van der Waals surface area contributed by atoms with Crippen LogP contribution in [0.5, 0.6) is 0 Å². The average Bonchev–Trinajstić information content (AvgIpc) is 3.10. The second-order valence-electron chi connectivity index (χ2n) is 4.67. The molecular weight excluding hydrogens is 224 g/mol. The highest BCUT2D eigenvalue weighted by molar-refractivity contribution is 5.55. The van der Waals surface area contributed by atoms with E-state index in [-0.39, 0.29) is 0 Å². The van der Waals surface area contributed by atoms with Crippen molar-refractivity contribution in [3.8, 4) is 0 Å². The molecule has 1 aromatic heterocycles. The first-order valence-corrected chi connectivity index (χ1v) is 6.53. The van der Waals surface area contributed by atoms with Crippen LogP contribution in [-0.4, -0.2) is 13.1 Å². The van der Waals surface area contributed by atoms with Crippen LogP contribution in [0.3, 0.4) is 0 Å². The smallest absolute Gasteiger partial charge is 0.122 e. The zero-order valence-electron chi connectivity index (χ0n) is 10.4. The van der Waals surface area contributed by atoms with Crippen molar-refractivity contribution in [3.63, 3.8) is 0 Å². The molecule has 0 amide bonds. The van der Waals surface area contributed by atoms with Crippen LogP contribution in [0, 0.1) is 0 Å². The molecule has 3 heteroatoms. The molecule has 0 radical (unpaired) electrons. The van der Waals surface area contributed by atoms with Crippen molar-refractivity contribution in [1.29, 1.82) is 0 Å². The van der Waals surface area contributed by atoms with E-state index in [0.717, 1.165) is 18.0 Å². The van der Waals surface area contributed by atoms with Gasteiger partial charge in [-0.3, -0.25) is 0 Å². The molecule has 1 aromatic carbocycles. The van der Waals surface area contributed by atoms with E-state index in [0.29, 0.717) is 0 Å². The standard InChI is InChI=1S/C15H18N2O/c1-2-10-17(9-1)14-7-5-13(6-8-14)16-12-15-4-3-11-18-15/h3-8,11,16H,1-2,9-10,12H2. The third kappa shape index (κ3) is 2.50. The van der Waals surface area contributed by atoms with Crippen molar-refractivity contribution in [2.24, 2.45) is 0 Å². The van der Waals surface area contributed by atoms with Gasteiger partial charge in [-0.2, -0.15) is 0 Å². The first-order valence-electron chi connectivity index (χ1n) is 6.53. The molecule has 0 saturated carbocycles. The average molecular weight is 242 g/mol. The molecule has 2 aromatic rings. The number of nitrogens with zero attached hydrogens (tertiary/aromatic N) is 1. The van der Waals surface area contributed by atoms with Crippen LogP contribution in [0.25, 0.3) is 0 Å². The Hall–Kier alpha value is -1.90. The molecule has 0 unspecified atom stereocenters. The summed E-state index contributed by atoms with van der Waals surface area (Å²) in [5.41, 5.74) is 2.46. The van der Waals surface area contributed by atoms with Crippen LogP contribution in [0.15, 0.2) is 47.1 Å². The van der Waals surface area contributed by atoms with Crippen molar-refractivity contribution >= 4 is 11.4 Å². The monoisotopic (exact) mass is 242 g/mol. The molecule has 0 aliphatic carbocycles. The maximum atomic E-state index is 5.29. The highest BCUT2D eigenvalue weighted by Crippen LogP contribution is 2.22. The lowest BCUT2D eigenvalue weighted by atomic mass is 10.2. The van der Waals surface area contributed by atoms with E-state index in [1.807, 2.05) is 12.1 Å². The van der Waals surface area contributed by atoms with Gasteiger partial charge in [-0.05, 0) is 49.2 Å². The number of nitrogens with one attached hydrogen (secondary N) is 1. The van der Waals surface area contributed by atoms with Crippen LogP contribution < -0.4 is 10.2 Å². The molecule has 3 nitrogen and oxygen atoms in total. The van der Waals surface area contributed by atoms with Gasteiger partial charge in [-0.1, -0.05) is 0 Å². The first kappa shape index (κ1) is 11.2. The topological polar surface area (TPSA) is 28.4 Å². The molecule has 94 valence electrons. The van der Waals surface area contributed by atoms with Crippen molar-refractivity contribution in [2.45, 2.75) is 19.4 Å². The molecule has 1 aliphatic heterocycles. The highest BCUT2D eigenvalue weighted by atomic mass is 16.3. The van der Waals surface area contributed by atoms with Crippen molar-refractivity contribution in [1.82, 2.24) is 0 Å². The minimum atomic E-state index is 0.732. The van der Waals surface area contributed by atoms with Gasteiger partial charge >= 0.3 is 0 Å². The van der Waals surface area contributed by atoms with Gasteiger partial charge in [0, 0.05) is 24.5 Å². The Morgan fingerprint density at radius 3 is 2.50 bits per heavy atom. The molecule has 1 aliphatic rings. The molecule has 1 saturated heterocycles. The van der Waals surface area contributed by atoms with Crippen LogP contribution >= 0.6 is 0 Å². The van der Waals surface area contributed by atoms with E-state index < -0.39 is 0 Å². The van der Waals surface area contributed by atoms with E-state index in [1.165, 1.54) is 31.6 Å². The maximum absolute atomic E-state index is 5.29. The van der Waals surface area contributed by atoms with Gasteiger partial charge in [-0.25, -0.2) is 0 Å². The van der Waals surface area contributed by atoms with Gasteiger partial charge in [0.2, 0.25) is 0 Å². The van der Waals surface area contributed by atoms with E-state index in [2.05, 4.69) is 34.5 Å². The van der Waals surface area contributed by atoms with Gasteiger partial charge in [0.15, 0.2) is 0 Å². The fourth-order valence-electron chi connectivity index (χ4n) is 2.37. The van der Waals surface area contributed by atoms with Crippen LogP contribution in [-0.2, 0) is 6.54 Å². The van der Waals surface area contributed by atoms with Crippen LogP contribution in [0.2, 0.25) is 0 Å². The summed E-state index contributed by atoms with van der Waals surface area (Å²) in [5, 5.41) is 3.35. The molecule has 3 rings (SSSR count). The van der Waals surface area contributed by atoms with Gasteiger partial charge in [-0.15, -0.1) is 0 Å². The SMILES string of the molecule is c1coc(CNc2ccc(N3CCCC3)cc2)c1. The predicted molar refractivity (Wildman–Crippen MR) is 73.9 cm³/mol. The summed E-state index contributed by atoms with van der Waals surface area (Å²) in [6, 6.07) is 12.5. The third-order valence-electron chi connectivity index (χ3n) is 3.39. The van der Waals surface area contributed by atoms with Gasteiger partial charge in [0.25, 0.3) is 0 Å². The van der Waals surface area contributed by atoms with Crippen molar-refractivity contribution in [2.75, 3.05) is 23.3 Å². The van der Waals surface area contributed by atoms with E-state index in [1.54, 1.807) is 6.26 Å². The number of benzene rings is 1. The van der Waals surface area contributed by atoms with Gasteiger partial charge in [0.1, 0.15) is 5.76 Å². The Bertz CT molecular complexity index is 470. The van der Waals surface area contributed by atoms with Crippen LogP contribution in [0.4, 0.5) is 11.4 Å². The fraction of sp³-hybridized carbons (Fsp3) is 0.333. The molecule has 0 bridgehead atoms. The summed E-state index contributed by atoms with van der Waals surface area (Å²) in [6.45, 7) is 3.12. The van der Waals surface area contributed by atoms with Crippen LogP contribution in [0.1, 0.15) is 18.6 Å². The lowest BCUT2D eigenvalue weighted by Crippen LogP contribution is -2.17. The summed E-state index contributed by atoms with van der Waals surface area (Å²) in [5.74, 6) is 0.957.